The van der Waals surface area contributed by atoms with Gasteiger partial charge in [-0.3, -0.25) is 0 Å². The molecule has 2 aromatic carbocycles. The van der Waals surface area contributed by atoms with Crippen molar-refractivity contribution < 1.29 is 20.4 Å². The van der Waals surface area contributed by atoms with E-state index in [0.29, 0.717) is 0 Å². The van der Waals surface area contributed by atoms with Crippen LogP contribution in [0.3, 0.4) is 0 Å². The van der Waals surface area contributed by atoms with Gasteiger partial charge < -0.3 is 0 Å². The third-order valence-corrected chi connectivity index (χ3v) is 2.63. The fourth-order valence-corrected chi connectivity index (χ4v) is 1.50. The molecule has 0 amide bonds. The van der Waals surface area contributed by atoms with Gasteiger partial charge in [-0.1, -0.05) is 0 Å². The van der Waals surface area contributed by atoms with Crippen LogP contribution in [-0.4, -0.2) is 32.0 Å². The van der Waals surface area contributed by atoms with Crippen LogP contribution in [0.1, 0.15) is 0 Å². The van der Waals surface area contributed by atoms with Crippen molar-refractivity contribution in [1.82, 2.24) is 0 Å². The fourth-order valence-electron chi connectivity index (χ4n) is 0.841. The number of hydrogen-bond acceptors (Lipinski definition) is 0. The predicted molar refractivity (Wildman–Crippen MR) is 63.7 cm³/mol. The van der Waals surface area contributed by atoms with E-state index in [4.69, 9.17) is 0 Å². The molecule has 2 rings (SSSR count). The summed E-state index contributed by atoms with van der Waals surface area (Å²) in [5, 5.41) is 0. The first-order valence-electron chi connectivity index (χ1n) is 4.23. The minimum atomic E-state index is 0. The van der Waals surface area contributed by atoms with E-state index in [1.807, 2.05) is 60.7 Å². The average molecular weight is 419 g/mol. The normalized spacial score (nSPS) is 8.00. The van der Waals surface area contributed by atoms with Gasteiger partial charge in [-0.25, -0.2) is 0 Å². The maximum atomic E-state index is 2.90. The van der Waals surface area contributed by atoms with E-state index in [1.54, 1.807) is 0 Å². The van der Waals surface area contributed by atoms with Gasteiger partial charge in [0, 0.05) is 20.4 Å². The van der Waals surface area contributed by atoms with Gasteiger partial charge in [-0.15, -0.1) is 0 Å². The van der Waals surface area contributed by atoms with Crippen molar-refractivity contribution in [3.05, 3.63) is 60.7 Å². The van der Waals surface area contributed by atoms with Gasteiger partial charge >= 0.3 is 102 Å². The van der Waals surface area contributed by atoms with Gasteiger partial charge in [-0.2, -0.15) is 0 Å². The summed E-state index contributed by atoms with van der Waals surface area (Å²) in [6, 6.07) is 20.1. The topological polar surface area (TPSA) is 0 Å². The monoisotopic (exact) mass is 420 g/mol. The average Bonchev–Trinajstić information content (AvgIpc) is 2.21. The summed E-state index contributed by atoms with van der Waals surface area (Å²) in [6.45, 7) is 0. The molecule has 0 saturated carbocycles. The van der Waals surface area contributed by atoms with Crippen LogP contribution in [0, 0.1) is 0 Å². The van der Waals surface area contributed by atoms with Gasteiger partial charge in [-0.05, 0) is 0 Å². The van der Waals surface area contributed by atoms with E-state index in [9.17, 15) is 0 Å². The Labute approximate surface area is 121 Å². The molecular weight excluding hydrogens is 408 g/mol. The fraction of sp³-hybridized carbons (Fsp3) is 0. The second-order valence-corrected chi connectivity index (χ2v) is 4.60. The summed E-state index contributed by atoms with van der Waals surface area (Å²) in [5.74, 6) is 0. The SMILES string of the molecule is [Pd].[Se]c1ccccc1.[Se]c1ccccc1. The molecule has 0 aromatic heterocycles. The minimum absolute atomic E-state index is 0. The molecule has 15 heavy (non-hydrogen) atoms. The molecule has 0 spiro atoms. The zero-order chi connectivity index (χ0) is 10.2. The van der Waals surface area contributed by atoms with Gasteiger partial charge in [0.15, 0.2) is 0 Å². The number of benzene rings is 2. The first-order valence-corrected chi connectivity index (χ1v) is 5.94. The zero-order valence-electron chi connectivity index (χ0n) is 7.91. The molecular formula is C12H10PdSe2. The first-order chi connectivity index (χ1) is 6.79. The Kier molecular flexibility index (Phi) is 9.46. The van der Waals surface area contributed by atoms with E-state index in [1.165, 1.54) is 8.92 Å². The molecule has 2 aromatic rings. The Morgan fingerprint density at radius 1 is 0.533 bits per heavy atom. The summed E-state index contributed by atoms with van der Waals surface area (Å²) in [5.41, 5.74) is 0. The van der Waals surface area contributed by atoms with Crippen LogP contribution in [-0.2, 0) is 20.4 Å². The molecule has 0 saturated heterocycles. The van der Waals surface area contributed by atoms with Crippen LogP contribution in [0.15, 0.2) is 60.7 Å². The van der Waals surface area contributed by atoms with Crippen molar-refractivity contribution in [3.8, 4) is 0 Å². The van der Waals surface area contributed by atoms with E-state index in [-0.39, 0.29) is 20.4 Å². The van der Waals surface area contributed by atoms with Crippen LogP contribution in [0.4, 0.5) is 0 Å². The molecule has 0 aliphatic carbocycles. The Balaban J connectivity index is 0.000000245. The van der Waals surface area contributed by atoms with Crippen molar-refractivity contribution in [2.45, 2.75) is 0 Å². The summed E-state index contributed by atoms with van der Waals surface area (Å²) >= 11 is 5.80. The second kappa shape index (κ2) is 9.37. The Morgan fingerprint density at radius 3 is 0.933 bits per heavy atom. The molecule has 2 radical (unpaired) electrons. The zero-order valence-corrected chi connectivity index (χ0v) is 12.9. The van der Waals surface area contributed by atoms with Crippen LogP contribution >= 0.6 is 0 Å². The predicted octanol–water partition coefficient (Wildman–Crippen LogP) is 0.958. The molecule has 0 aliphatic heterocycles. The van der Waals surface area contributed by atoms with Crippen LogP contribution in [0.25, 0.3) is 0 Å². The summed E-state index contributed by atoms with van der Waals surface area (Å²) in [4.78, 5) is 0. The number of rotatable bonds is 0. The first kappa shape index (κ1) is 15.1. The van der Waals surface area contributed by atoms with Gasteiger partial charge in [0.25, 0.3) is 0 Å². The molecule has 3 heteroatoms. The molecule has 0 heterocycles. The van der Waals surface area contributed by atoms with E-state index in [0.717, 1.165) is 0 Å². The van der Waals surface area contributed by atoms with Crippen molar-refractivity contribution in [3.63, 3.8) is 0 Å². The van der Waals surface area contributed by atoms with E-state index in [2.05, 4.69) is 32.0 Å². The molecule has 80 valence electrons. The van der Waals surface area contributed by atoms with Crippen molar-refractivity contribution >= 4 is 40.9 Å². The molecule has 0 bridgehead atoms. The van der Waals surface area contributed by atoms with Gasteiger partial charge in [0.05, 0.1) is 0 Å². The van der Waals surface area contributed by atoms with Crippen molar-refractivity contribution in [2.24, 2.45) is 0 Å². The number of hydrogen-bond donors (Lipinski definition) is 0. The van der Waals surface area contributed by atoms with E-state index < -0.39 is 0 Å². The molecule has 0 atom stereocenters. The Morgan fingerprint density at radius 2 is 0.800 bits per heavy atom. The summed E-state index contributed by atoms with van der Waals surface area (Å²) in [7, 11) is 0. The molecule has 0 N–H and O–H groups in total. The van der Waals surface area contributed by atoms with Crippen LogP contribution in [0.2, 0.25) is 0 Å². The van der Waals surface area contributed by atoms with Crippen LogP contribution < -0.4 is 8.92 Å². The van der Waals surface area contributed by atoms with Crippen molar-refractivity contribution in [2.75, 3.05) is 0 Å². The van der Waals surface area contributed by atoms with Gasteiger partial charge in [0.2, 0.25) is 0 Å². The summed E-state index contributed by atoms with van der Waals surface area (Å²) < 4.78 is 2.39. The molecule has 0 nitrogen and oxygen atoms in total. The maximum absolute atomic E-state index is 2.90. The van der Waals surface area contributed by atoms with Gasteiger partial charge in [0.1, 0.15) is 0 Å². The molecule has 0 aliphatic rings. The Bertz CT molecular complexity index is 311. The van der Waals surface area contributed by atoms with Crippen LogP contribution in [0.5, 0.6) is 0 Å². The van der Waals surface area contributed by atoms with Crippen molar-refractivity contribution in [1.29, 1.82) is 0 Å². The second-order valence-electron chi connectivity index (χ2n) is 2.63. The third-order valence-electron chi connectivity index (χ3n) is 1.49. The standard InChI is InChI=1S/2C6H5Se.Pd/c2*7-6-4-2-1-3-5-6;/h2*1-5H;. The van der Waals surface area contributed by atoms with E-state index >= 15 is 0 Å². The molecule has 0 fully saturated rings. The Hall–Kier alpha value is 0.141. The quantitative estimate of drug-likeness (QED) is 0.559. The summed E-state index contributed by atoms with van der Waals surface area (Å²) in [6.07, 6.45) is 0. The molecule has 0 unspecified atom stereocenters. The third kappa shape index (κ3) is 8.00.